The van der Waals surface area contributed by atoms with Crippen molar-refractivity contribution in [3.63, 3.8) is 0 Å². The van der Waals surface area contributed by atoms with Gasteiger partial charge in [-0.1, -0.05) is 121 Å². The van der Waals surface area contributed by atoms with Crippen LogP contribution in [0, 0.1) is 0 Å². The monoisotopic (exact) mass is 868 g/mol. The summed E-state index contributed by atoms with van der Waals surface area (Å²) in [4.78, 5) is 10.4. The van der Waals surface area contributed by atoms with Gasteiger partial charge in [0.1, 0.15) is 0 Å². The molecule has 0 saturated carbocycles. The highest BCUT2D eigenvalue weighted by atomic mass is 32.1. The van der Waals surface area contributed by atoms with Crippen LogP contribution in [0.25, 0.3) is 22.3 Å². The Labute approximate surface area is 391 Å². The first kappa shape index (κ1) is 34.9. The minimum Gasteiger partial charge on any atom is -0.352 e. The lowest BCUT2D eigenvalue weighted by atomic mass is 9.35. The molecule has 2 N–H and O–H groups in total. The van der Waals surface area contributed by atoms with Gasteiger partial charge < -0.3 is 30.2 Å². The summed E-state index contributed by atoms with van der Waals surface area (Å²) in [5.41, 5.74) is 29.6. The van der Waals surface area contributed by atoms with Gasteiger partial charge in [0.2, 0.25) is 0 Å². The van der Waals surface area contributed by atoms with E-state index in [1.807, 2.05) is 11.3 Å². The fourth-order valence-corrected chi connectivity index (χ4v) is 14.3. The number of thiophene rings is 1. The van der Waals surface area contributed by atoms with Crippen LogP contribution in [-0.2, 0) is 0 Å². The number of fused-ring (bicyclic) bond motifs is 17. The summed E-state index contributed by atoms with van der Waals surface area (Å²) in [6.45, 7) is -0.00527. The summed E-state index contributed by atoms with van der Waals surface area (Å²) in [5, 5.41) is 7.81. The van der Waals surface area contributed by atoms with Gasteiger partial charge in [-0.15, -0.1) is 0 Å². The zero-order chi connectivity index (χ0) is 43.2. The topological polar surface area (TPSA) is 37.0 Å². The minimum absolute atomic E-state index is 0.00262. The molecular formula is C58H34B2N6S. The Hall–Kier alpha value is -8.39. The summed E-state index contributed by atoms with van der Waals surface area (Å²) in [6.07, 6.45) is 0. The number of rotatable bonds is 2. The van der Waals surface area contributed by atoms with Crippen LogP contribution >= 0.6 is 11.3 Å². The van der Waals surface area contributed by atoms with Crippen molar-refractivity contribution in [2.24, 2.45) is 0 Å². The van der Waals surface area contributed by atoms with Gasteiger partial charge in [0.25, 0.3) is 13.4 Å². The van der Waals surface area contributed by atoms with Crippen molar-refractivity contribution in [3.05, 3.63) is 194 Å². The molecule has 0 fully saturated rings. The lowest BCUT2D eigenvalue weighted by Crippen LogP contribution is -2.61. The molecule has 0 spiro atoms. The SMILES string of the molecule is c1ccc(-c2ccc3c(c2)B2c4sc5c6c4N(c4ccccc4N6c4ccc6c7c4B5c4ccc(-c5ccccc5)cc4N7c4ccccc4N6)c4ccc5c(c42)N3c2ccccc2N5)cc1. The number of hydrogen-bond donors (Lipinski definition) is 2. The second-order valence-corrected chi connectivity index (χ2v) is 19.7. The Balaban J connectivity index is 0.985. The Morgan fingerprint density at radius 1 is 0.299 bits per heavy atom. The molecule has 0 unspecified atom stereocenters. The molecule has 9 heteroatoms. The number of para-hydroxylation sites is 6. The van der Waals surface area contributed by atoms with Gasteiger partial charge in [0.15, 0.2) is 0 Å². The van der Waals surface area contributed by atoms with E-state index in [-0.39, 0.29) is 13.4 Å². The first-order valence-electron chi connectivity index (χ1n) is 23.2. The van der Waals surface area contributed by atoms with Crippen LogP contribution in [0.1, 0.15) is 0 Å². The van der Waals surface area contributed by atoms with Gasteiger partial charge in [-0.3, -0.25) is 0 Å². The third kappa shape index (κ3) is 4.26. The zero-order valence-corrected chi connectivity index (χ0v) is 36.6. The number of hydrogen-bond acceptors (Lipinski definition) is 7. The normalized spacial score (nSPS) is 14.6. The van der Waals surface area contributed by atoms with Crippen molar-refractivity contribution in [3.8, 4) is 22.3 Å². The average molecular weight is 869 g/mol. The Bertz CT molecular complexity index is 3890. The molecule has 6 nitrogen and oxygen atoms in total. The highest BCUT2D eigenvalue weighted by Crippen LogP contribution is 2.61. The molecule has 7 aliphatic rings. The van der Waals surface area contributed by atoms with Gasteiger partial charge in [-0.05, 0) is 117 Å². The zero-order valence-electron chi connectivity index (χ0n) is 35.8. The lowest BCUT2D eigenvalue weighted by Gasteiger charge is -2.50. The van der Waals surface area contributed by atoms with Gasteiger partial charge in [-0.2, -0.15) is 11.3 Å². The van der Waals surface area contributed by atoms with E-state index in [2.05, 4.69) is 224 Å². The maximum Gasteiger partial charge on any atom is 0.264 e. The van der Waals surface area contributed by atoms with E-state index in [0.29, 0.717) is 0 Å². The number of nitrogens with zero attached hydrogens (tertiary/aromatic N) is 4. The van der Waals surface area contributed by atoms with Gasteiger partial charge in [0, 0.05) is 32.3 Å². The highest BCUT2D eigenvalue weighted by Gasteiger charge is 2.55. The largest absolute Gasteiger partial charge is 0.352 e. The van der Waals surface area contributed by atoms with E-state index in [1.165, 1.54) is 122 Å². The first-order valence-corrected chi connectivity index (χ1v) is 24.0. The number of nitrogens with one attached hydrogen (secondary N) is 2. The predicted molar refractivity (Wildman–Crippen MR) is 283 cm³/mol. The molecule has 0 saturated heterocycles. The molecular weight excluding hydrogens is 834 g/mol. The molecule has 10 aromatic rings. The standard InChI is InChI=1S/C58H34B2N6S/c1-3-13-33(14-4-1)35-24-28-43-38(31-35)60-52-49(30-26-41-53(52)63(43)44-19-9-7-17-39(44)61-41)66-47-22-12-11-21-46(47)65-48-29-27-42-54-51(48)59(57-55(65)56(66)58(60)67-57)37-25-23-36(34-15-5-2-6-16-34)32-50(37)64(54)45-20-10-8-18-40(45)62-42/h1-32,61-62H. The van der Waals surface area contributed by atoms with Crippen molar-refractivity contribution >= 4 is 147 Å². The van der Waals surface area contributed by atoms with Crippen LogP contribution in [0.2, 0.25) is 0 Å². The second-order valence-electron chi connectivity index (χ2n) is 18.6. The van der Waals surface area contributed by atoms with Crippen LogP contribution in [0.4, 0.5) is 91.0 Å². The van der Waals surface area contributed by atoms with Crippen molar-refractivity contribution in [1.29, 1.82) is 0 Å². The van der Waals surface area contributed by atoms with Gasteiger partial charge in [0.05, 0.1) is 68.2 Å². The van der Waals surface area contributed by atoms with Gasteiger partial charge in [-0.25, -0.2) is 0 Å². The maximum atomic E-state index is 3.91. The van der Waals surface area contributed by atoms with E-state index in [0.717, 1.165) is 22.7 Å². The van der Waals surface area contributed by atoms with E-state index >= 15 is 0 Å². The molecule has 9 aromatic carbocycles. The first-order chi connectivity index (χ1) is 33.3. The molecule has 0 radical (unpaired) electrons. The molecule has 7 aliphatic heterocycles. The summed E-state index contributed by atoms with van der Waals surface area (Å²) >= 11 is 2.04. The van der Waals surface area contributed by atoms with Crippen LogP contribution < -0.4 is 61.6 Å². The van der Waals surface area contributed by atoms with Crippen molar-refractivity contribution < 1.29 is 0 Å². The quantitative estimate of drug-likeness (QED) is 0.169. The van der Waals surface area contributed by atoms with Crippen LogP contribution in [-0.4, -0.2) is 13.4 Å². The van der Waals surface area contributed by atoms with Crippen LogP contribution in [0.5, 0.6) is 0 Å². The lowest BCUT2D eigenvalue weighted by molar-refractivity contribution is 1.18. The third-order valence-electron chi connectivity index (χ3n) is 15.3. The second kappa shape index (κ2) is 12.3. The van der Waals surface area contributed by atoms with E-state index < -0.39 is 0 Å². The molecule has 308 valence electrons. The van der Waals surface area contributed by atoms with Crippen molar-refractivity contribution in [1.82, 2.24) is 0 Å². The molecule has 0 bridgehead atoms. The fourth-order valence-electron chi connectivity index (χ4n) is 12.7. The fraction of sp³-hybridized carbons (Fsp3) is 0. The Kier molecular flexibility index (Phi) is 6.41. The van der Waals surface area contributed by atoms with E-state index in [1.54, 1.807) is 0 Å². The summed E-state index contributed by atoms with van der Waals surface area (Å²) in [7, 11) is 0. The van der Waals surface area contributed by atoms with Crippen molar-refractivity contribution in [2.75, 3.05) is 30.2 Å². The summed E-state index contributed by atoms with van der Waals surface area (Å²) in [6, 6.07) is 72.3. The number of benzene rings is 9. The summed E-state index contributed by atoms with van der Waals surface area (Å²) < 4.78 is 2.79. The highest BCUT2D eigenvalue weighted by molar-refractivity contribution is 7.39. The Morgan fingerprint density at radius 3 is 1.33 bits per heavy atom. The van der Waals surface area contributed by atoms with E-state index in [4.69, 9.17) is 0 Å². The van der Waals surface area contributed by atoms with Gasteiger partial charge >= 0.3 is 0 Å². The number of anilines is 16. The molecule has 0 amide bonds. The third-order valence-corrected chi connectivity index (χ3v) is 16.6. The Morgan fingerprint density at radius 2 is 0.746 bits per heavy atom. The maximum absolute atomic E-state index is 3.91. The molecule has 67 heavy (non-hydrogen) atoms. The summed E-state index contributed by atoms with van der Waals surface area (Å²) in [5.74, 6) is 0. The minimum atomic E-state index is -0.00789. The smallest absolute Gasteiger partial charge is 0.264 e. The average Bonchev–Trinajstić information content (AvgIpc) is 3.79. The van der Waals surface area contributed by atoms with Crippen LogP contribution in [0.15, 0.2) is 194 Å². The van der Waals surface area contributed by atoms with E-state index in [9.17, 15) is 0 Å². The molecule has 1 aromatic heterocycles. The molecule has 0 atom stereocenters. The van der Waals surface area contributed by atoms with Crippen LogP contribution in [0.3, 0.4) is 0 Å². The molecule has 8 heterocycles. The molecule has 17 rings (SSSR count). The molecule has 0 aliphatic carbocycles. The van der Waals surface area contributed by atoms with Crippen molar-refractivity contribution in [2.45, 2.75) is 0 Å². The predicted octanol–water partition coefficient (Wildman–Crippen LogP) is 11.7.